The number of rotatable bonds is 7. The third-order valence-corrected chi connectivity index (χ3v) is 5.20. The van der Waals surface area contributed by atoms with Crippen LogP contribution < -0.4 is 10.8 Å². The van der Waals surface area contributed by atoms with Crippen LogP contribution >= 0.6 is 0 Å². The lowest BCUT2D eigenvalue weighted by atomic mass is 9.93. The number of piperazine rings is 1. The van der Waals surface area contributed by atoms with E-state index in [2.05, 4.69) is 5.32 Å². The zero-order chi connectivity index (χ0) is 19.1. The van der Waals surface area contributed by atoms with Crippen molar-refractivity contribution in [3.8, 4) is 0 Å². The minimum atomic E-state index is -1.63. The fraction of sp³-hybridized carbons (Fsp3) is 0.824. The van der Waals surface area contributed by atoms with E-state index in [1.54, 1.807) is 4.90 Å². The number of likely N-dealkylation sites (tertiary alicyclic amines) is 1. The van der Waals surface area contributed by atoms with Crippen LogP contribution in [0.5, 0.6) is 0 Å². The predicted molar refractivity (Wildman–Crippen MR) is 93.1 cm³/mol. The largest absolute Gasteiger partial charge is 0.382 e. The van der Waals surface area contributed by atoms with Crippen molar-refractivity contribution in [2.24, 2.45) is 5.92 Å². The van der Waals surface area contributed by atoms with Crippen molar-refractivity contribution in [2.45, 2.75) is 51.2 Å². The highest BCUT2D eigenvalue weighted by molar-refractivity contribution is 5.92. The SMILES string of the molecule is CCCCC(C(=O)N1CCCC1C(=O)N1CCNCC1)C(O)C(=O)NO. The Kier molecular flexibility index (Phi) is 7.80. The fourth-order valence-corrected chi connectivity index (χ4v) is 3.69. The molecule has 0 saturated carbocycles. The highest BCUT2D eigenvalue weighted by atomic mass is 16.5. The highest BCUT2D eigenvalue weighted by Crippen LogP contribution is 2.25. The first-order valence-electron chi connectivity index (χ1n) is 9.43. The lowest BCUT2D eigenvalue weighted by Crippen LogP contribution is -2.55. The smallest absolute Gasteiger partial charge is 0.272 e. The summed E-state index contributed by atoms with van der Waals surface area (Å²) in [5.74, 6) is -2.41. The van der Waals surface area contributed by atoms with Gasteiger partial charge in [0.1, 0.15) is 12.1 Å². The number of hydrogen-bond acceptors (Lipinski definition) is 6. The molecule has 148 valence electrons. The molecular formula is C17H30N4O5. The highest BCUT2D eigenvalue weighted by Gasteiger charge is 2.42. The van der Waals surface area contributed by atoms with E-state index in [0.717, 1.165) is 25.9 Å². The van der Waals surface area contributed by atoms with Crippen molar-refractivity contribution in [2.75, 3.05) is 32.7 Å². The monoisotopic (exact) mass is 370 g/mol. The number of hydrogen-bond donors (Lipinski definition) is 4. The number of aliphatic hydroxyl groups is 1. The van der Waals surface area contributed by atoms with Crippen LogP contribution in [0.1, 0.15) is 39.0 Å². The second-order valence-corrected chi connectivity index (χ2v) is 6.93. The van der Waals surface area contributed by atoms with Gasteiger partial charge >= 0.3 is 0 Å². The first-order chi connectivity index (χ1) is 12.5. The molecule has 0 aromatic heterocycles. The van der Waals surface area contributed by atoms with Gasteiger partial charge < -0.3 is 20.2 Å². The summed E-state index contributed by atoms with van der Waals surface area (Å²) in [4.78, 5) is 40.8. The number of hydroxylamine groups is 1. The zero-order valence-corrected chi connectivity index (χ0v) is 15.3. The van der Waals surface area contributed by atoms with Crippen LogP contribution in [-0.4, -0.2) is 82.7 Å². The number of amides is 3. The van der Waals surface area contributed by atoms with E-state index in [1.165, 1.54) is 10.4 Å². The summed E-state index contributed by atoms with van der Waals surface area (Å²) in [5.41, 5.74) is 1.41. The second kappa shape index (κ2) is 9.84. The lowest BCUT2D eigenvalue weighted by Gasteiger charge is -2.34. The summed E-state index contributed by atoms with van der Waals surface area (Å²) < 4.78 is 0. The molecule has 0 bridgehead atoms. The minimum absolute atomic E-state index is 0.0623. The summed E-state index contributed by atoms with van der Waals surface area (Å²) in [6, 6.07) is -0.533. The number of carbonyl (C=O) groups excluding carboxylic acids is 3. The Morgan fingerprint density at radius 3 is 2.54 bits per heavy atom. The van der Waals surface area contributed by atoms with Gasteiger partial charge in [0, 0.05) is 32.7 Å². The molecule has 9 heteroatoms. The van der Waals surface area contributed by atoms with Crippen LogP contribution in [0.25, 0.3) is 0 Å². The van der Waals surface area contributed by atoms with Gasteiger partial charge in [0.15, 0.2) is 0 Å². The molecule has 2 fully saturated rings. The van der Waals surface area contributed by atoms with Crippen LogP contribution in [0.3, 0.4) is 0 Å². The number of aliphatic hydroxyl groups excluding tert-OH is 1. The molecule has 0 radical (unpaired) electrons. The second-order valence-electron chi connectivity index (χ2n) is 6.93. The summed E-state index contributed by atoms with van der Waals surface area (Å²) in [6.45, 7) is 5.10. The predicted octanol–water partition coefficient (Wildman–Crippen LogP) is -0.918. The third kappa shape index (κ3) is 4.72. The molecule has 0 aliphatic carbocycles. The molecule has 2 heterocycles. The van der Waals surface area contributed by atoms with Crippen molar-refractivity contribution in [3.05, 3.63) is 0 Å². The average molecular weight is 370 g/mol. The van der Waals surface area contributed by atoms with Gasteiger partial charge in [0.2, 0.25) is 11.8 Å². The number of nitrogens with zero attached hydrogens (tertiary/aromatic N) is 2. The van der Waals surface area contributed by atoms with Gasteiger partial charge in [0.25, 0.3) is 5.91 Å². The van der Waals surface area contributed by atoms with E-state index in [4.69, 9.17) is 5.21 Å². The molecule has 0 aromatic rings. The van der Waals surface area contributed by atoms with E-state index >= 15 is 0 Å². The maximum Gasteiger partial charge on any atom is 0.272 e. The third-order valence-electron chi connectivity index (χ3n) is 5.20. The molecule has 2 aliphatic rings. The van der Waals surface area contributed by atoms with Gasteiger partial charge in [-0.05, 0) is 19.3 Å². The lowest BCUT2D eigenvalue weighted by molar-refractivity contribution is -0.154. The van der Waals surface area contributed by atoms with Crippen molar-refractivity contribution in [1.29, 1.82) is 0 Å². The number of carbonyl (C=O) groups is 3. The Bertz CT molecular complexity index is 509. The molecule has 2 aliphatic heterocycles. The van der Waals surface area contributed by atoms with Crippen LogP contribution in [0.2, 0.25) is 0 Å². The maximum absolute atomic E-state index is 13.0. The normalized spacial score (nSPS) is 22.8. The first-order valence-corrected chi connectivity index (χ1v) is 9.43. The summed E-state index contributed by atoms with van der Waals surface area (Å²) in [6.07, 6.45) is 1.48. The molecule has 3 amide bonds. The fourth-order valence-electron chi connectivity index (χ4n) is 3.69. The van der Waals surface area contributed by atoms with E-state index in [9.17, 15) is 19.5 Å². The van der Waals surface area contributed by atoms with Gasteiger partial charge in [-0.2, -0.15) is 0 Å². The number of unbranched alkanes of at least 4 members (excludes halogenated alkanes) is 1. The number of nitrogens with one attached hydrogen (secondary N) is 2. The Labute approximate surface area is 153 Å². The van der Waals surface area contributed by atoms with E-state index in [0.29, 0.717) is 38.9 Å². The standard InChI is InChI=1S/C17H30N4O5/c1-2-3-5-12(14(22)15(23)19-26)16(24)21-9-4-6-13(21)17(25)20-10-7-18-8-11-20/h12-14,18,22,26H,2-11H2,1H3,(H,19,23). The molecule has 4 N–H and O–H groups in total. The van der Waals surface area contributed by atoms with Gasteiger partial charge in [-0.25, -0.2) is 5.48 Å². The van der Waals surface area contributed by atoms with Crippen molar-refractivity contribution >= 4 is 17.7 Å². The molecule has 26 heavy (non-hydrogen) atoms. The maximum atomic E-state index is 13.0. The molecule has 0 spiro atoms. The van der Waals surface area contributed by atoms with Crippen LogP contribution in [0, 0.1) is 5.92 Å². The Balaban J connectivity index is 2.11. The van der Waals surface area contributed by atoms with E-state index in [-0.39, 0.29) is 11.8 Å². The van der Waals surface area contributed by atoms with Crippen LogP contribution in [0.15, 0.2) is 0 Å². The summed E-state index contributed by atoms with van der Waals surface area (Å²) in [5, 5.41) is 22.2. The van der Waals surface area contributed by atoms with Crippen molar-refractivity contribution in [1.82, 2.24) is 20.6 Å². The van der Waals surface area contributed by atoms with Gasteiger partial charge in [0.05, 0.1) is 5.92 Å². The van der Waals surface area contributed by atoms with Crippen LogP contribution in [0.4, 0.5) is 0 Å². The van der Waals surface area contributed by atoms with Crippen molar-refractivity contribution in [3.63, 3.8) is 0 Å². The van der Waals surface area contributed by atoms with Gasteiger partial charge in [-0.3, -0.25) is 19.6 Å². The van der Waals surface area contributed by atoms with E-state index < -0.39 is 24.0 Å². The zero-order valence-electron chi connectivity index (χ0n) is 15.3. The first kappa shape index (κ1) is 20.6. The molecular weight excluding hydrogens is 340 g/mol. The average Bonchev–Trinajstić information content (AvgIpc) is 3.17. The molecule has 3 unspecified atom stereocenters. The van der Waals surface area contributed by atoms with Gasteiger partial charge in [-0.1, -0.05) is 19.8 Å². The molecule has 2 rings (SSSR count). The topological polar surface area (TPSA) is 122 Å². The minimum Gasteiger partial charge on any atom is -0.382 e. The molecule has 2 saturated heterocycles. The molecule has 0 aromatic carbocycles. The summed E-state index contributed by atoms with van der Waals surface area (Å²) >= 11 is 0. The summed E-state index contributed by atoms with van der Waals surface area (Å²) in [7, 11) is 0. The molecule has 9 nitrogen and oxygen atoms in total. The Morgan fingerprint density at radius 1 is 1.23 bits per heavy atom. The Morgan fingerprint density at radius 2 is 1.92 bits per heavy atom. The quantitative estimate of drug-likeness (QED) is 0.340. The van der Waals surface area contributed by atoms with Crippen LogP contribution in [-0.2, 0) is 14.4 Å². The van der Waals surface area contributed by atoms with Crippen molar-refractivity contribution < 1.29 is 24.7 Å². The Hall–Kier alpha value is -1.71. The molecule has 3 atom stereocenters. The van der Waals surface area contributed by atoms with E-state index in [1.807, 2.05) is 6.92 Å². The van der Waals surface area contributed by atoms with Gasteiger partial charge in [-0.15, -0.1) is 0 Å².